The Hall–Kier alpha value is -8.70. The molecule has 4 heteroatoms. The Morgan fingerprint density at radius 2 is 0.647 bits per heavy atom. The lowest BCUT2D eigenvalue weighted by atomic mass is 9.98. The van der Waals surface area contributed by atoms with Crippen LogP contribution in [0.15, 0.2) is 237 Å². The number of benzene rings is 10. The fraction of sp³-hybridized carbons (Fsp3) is 0. The minimum atomic E-state index is 1.15. The van der Waals surface area contributed by atoms with E-state index in [4.69, 9.17) is 0 Å². The third-order valence-electron chi connectivity index (χ3n) is 14.4. The summed E-state index contributed by atoms with van der Waals surface area (Å²) < 4.78 is 7.36. The minimum Gasteiger partial charge on any atom is -0.309 e. The van der Waals surface area contributed by atoms with E-state index in [1.54, 1.807) is 0 Å². The molecule has 316 valence electrons. The van der Waals surface area contributed by atoms with Crippen molar-refractivity contribution in [2.75, 3.05) is 0 Å². The second-order valence-corrected chi connectivity index (χ2v) is 19.1. The highest BCUT2D eigenvalue weighted by atomic mass is 32.1. The Morgan fingerprint density at radius 3 is 1.19 bits per heavy atom. The van der Waals surface area contributed by atoms with Gasteiger partial charge in [-0.3, -0.25) is 0 Å². The van der Waals surface area contributed by atoms with Gasteiger partial charge in [0, 0.05) is 59.3 Å². The van der Waals surface area contributed by atoms with Crippen molar-refractivity contribution < 1.29 is 0 Å². The van der Waals surface area contributed by atoms with Crippen molar-refractivity contribution in [2.24, 2.45) is 0 Å². The van der Waals surface area contributed by atoms with Gasteiger partial charge in [0.15, 0.2) is 0 Å². The average Bonchev–Trinajstić information content (AvgIpc) is 4.21. The van der Waals surface area contributed by atoms with Gasteiger partial charge in [0.1, 0.15) is 0 Å². The molecule has 0 fully saturated rings. The number of fused-ring (bicyclic) bond motifs is 12. The first kappa shape index (κ1) is 37.5. The van der Waals surface area contributed by atoms with Crippen LogP contribution >= 0.6 is 11.3 Å². The molecule has 0 aliphatic heterocycles. The molecule has 0 aliphatic carbocycles. The molecule has 0 atom stereocenters. The van der Waals surface area contributed by atoms with E-state index in [1.807, 2.05) is 11.3 Å². The van der Waals surface area contributed by atoms with Crippen molar-refractivity contribution in [1.29, 1.82) is 0 Å². The molecule has 0 radical (unpaired) electrons. The van der Waals surface area contributed by atoms with E-state index in [-0.39, 0.29) is 0 Å². The van der Waals surface area contributed by atoms with Crippen LogP contribution in [0.25, 0.3) is 136 Å². The molecule has 10 aromatic carbocycles. The van der Waals surface area contributed by atoms with Crippen LogP contribution in [-0.4, -0.2) is 13.5 Å². The summed E-state index contributed by atoms with van der Waals surface area (Å²) in [5.41, 5.74) is 18.3. The van der Waals surface area contributed by atoms with Gasteiger partial charge in [0.25, 0.3) is 0 Å². The molecule has 0 unspecified atom stereocenters. The summed E-state index contributed by atoms with van der Waals surface area (Å²) >= 11 is 1.91. The molecule has 5 heterocycles. The molecule has 3 nitrogen and oxygen atoms in total. The molecule has 15 rings (SSSR count). The predicted molar refractivity (Wildman–Crippen MR) is 289 cm³/mol. The van der Waals surface area contributed by atoms with E-state index in [9.17, 15) is 0 Å². The zero-order valence-corrected chi connectivity index (χ0v) is 37.6. The largest absolute Gasteiger partial charge is 0.309 e. The number of rotatable bonds is 6. The third-order valence-corrected chi connectivity index (χ3v) is 15.6. The van der Waals surface area contributed by atoms with Gasteiger partial charge in [-0.25, -0.2) is 0 Å². The van der Waals surface area contributed by atoms with Gasteiger partial charge in [-0.2, -0.15) is 0 Å². The standard InChI is InChI=1S/C64H39N3S/c1-5-16-40(17-6-1)63-60-50-26-15-25-49-52-37-43(31-35-59(52)67(61(49)50)62(60)64(68-63)41-18-7-2-8-19-41)45-30-34-58-54(39-45)53-38-44(29-33-57(53)66(58)47-22-11-4-12-23-47)42-28-32-56-51(36-42)48-24-13-14-27-55(48)65(56)46-20-9-3-10-21-46/h1-39H. The molecule has 0 saturated carbocycles. The first-order valence-electron chi connectivity index (χ1n) is 23.3. The van der Waals surface area contributed by atoms with Gasteiger partial charge in [0.05, 0.1) is 43.5 Å². The maximum Gasteiger partial charge on any atom is 0.0734 e. The predicted octanol–water partition coefficient (Wildman–Crippen LogP) is 17.8. The minimum absolute atomic E-state index is 1.15. The van der Waals surface area contributed by atoms with Gasteiger partial charge in [-0.15, -0.1) is 11.3 Å². The summed E-state index contributed by atoms with van der Waals surface area (Å²) in [6.07, 6.45) is 0. The van der Waals surface area contributed by atoms with Crippen LogP contribution in [-0.2, 0) is 0 Å². The van der Waals surface area contributed by atoms with Gasteiger partial charge in [0.2, 0.25) is 0 Å². The van der Waals surface area contributed by atoms with E-state index in [0.29, 0.717) is 0 Å². The monoisotopic (exact) mass is 881 g/mol. The van der Waals surface area contributed by atoms with Crippen LogP contribution in [0.2, 0.25) is 0 Å². The lowest BCUT2D eigenvalue weighted by Crippen LogP contribution is -1.93. The third kappa shape index (κ3) is 5.35. The number of aromatic nitrogens is 3. The molecule has 0 amide bonds. The van der Waals surface area contributed by atoms with Crippen molar-refractivity contribution in [3.05, 3.63) is 237 Å². The van der Waals surface area contributed by atoms with Crippen LogP contribution in [0.1, 0.15) is 0 Å². The smallest absolute Gasteiger partial charge is 0.0734 e. The molecule has 15 aromatic rings. The van der Waals surface area contributed by atoms with E-state index in [0.717, 1.165) is 5.69 Å². The van der Waals surface area contributed by atoms with E-state index in [1.165, 1.54) is 131 Å². The second-order valence-electron chi connectivity index (χ2n) is 18.0. The molecule has 0 saturated heterocycles. The van der Waals surface area contributed by atoms with Crippen molar-refractivity contribution in [3.8, 4) is 54.5 Å². The number of para-hydroxylation sites is 4. The first-order valence-corrected chi connectivity index (χ1v) is 24.2. The van der Waals surface area contributed by atoms with Crippen molar-refractivity contribution in [2.45, 2.75) is 0 Å². The fourth-order valence-corrected chi connectivity index (χ4v) is 12.7. The Labute approximate surface area is 395 Å². The highest BCUT2D eigenvalue weighted by molar-refractivity contribution is 7.21. The number of hydrogen-bond donors (Lipinski definition) is 0. The summed E-state index contributed by atoms with van der Waals surface area (Å²) in [5.74, 6) is 0. The SMILES string of the molecule is c1ccc(-c2sc(-c3ccccc3)c3c2c2cccc4c5cc(-c6ccc7c(c6)c6cc(-c8ccc9c(c8)c8ccccc8n9-c8ccccc8)ccc6n7-c6ccccc6)ccc5n3c42)cc1. The molecule has 68 heavy (non-hydrogen) atoms. The quantitative estimate of drug-likeness (QED) is 0.158. The van der Waals surface area contributed by atoms with Crippen LogP contribution in [0, 0.1) is 0 Å². The Bertz CT molecular complexity index is 4460. The zero-order chi connectivity index (χ0) is 44.5. The van der Waals surface area contributed by atoms with E-state index in [2.05, 4.69) is 250 Å². The number of nitrogens with zero attached hydrogens (tertiary/aromatic N) is 3. The Morgan fingerprint density at radius 1 is 0.250 bits per heavy atom. The lowest BCUT2D eigenvalue weighted by Gasteiger charge is -2.09. The van der Waals surface area contributed by atoms with E-state index < -0.39 is 0 Å². The van der Waals surface area contributed by atoms with Crippen LogP contribution in [0.4, 0.5) is 0 Å². The van der Waals surface area contributed by atoms with Crippen molar-refractivity contribution in [3.63, 3.8) is 0 Å². The van der Waals surface area contributed by atoms with Crippen LogP contribution in [0.3, 0.4) is 0 Å². The molecule has 0 N–H and O–H groups in total. The second kappa shape index (κ2) is 14.4. The topological polar surface area (TPSA) is 14.3 Å². The molecular weight excluding hydrogens is 843 g/mol. The van der Waals surface area contributed by atoms with Crippen molar-refractivity contribution >= 4 is 93.0 Å². The van der Waals surface area contributed by atoms with Crippen molar-refractivity contribution in [1.82, 2.24) is 13.5 Å². The summed E-state index contributed by atoms with van der Waals surface area (Å²) in [4.78, 5) is 2.62. The number of hydrogen-bond acceptors (Lipinski definition) is 1. The zero-order valence-electron chi connectivity index (χ0n) is 36.8. The summed E-state index contributed by atoms with van der Waals surface area (Å²) in [7, 11) is 0. The lowest BCUT2D eigenvalue weighted by molar-refractivity contribution is 1.18. The molecule has 0 bridgehead atoms. The highest BCUT2D eigenvalue weighted by Gasteiger charge is 2.26. The molecule has 0 spiro atoms. The van der Waals surface area contributed by atoms with Gasteiger partial charge in [-0.1, -0.05) is 158 Å². The normalized spacial score (nSPS) is 12.1. The van der Waals surface area contributed by atoms with Gasteiger partial charge >= 0.3 is 0 Å². The Kier molecular flexibility index (Phi) is 7.94. The summed E-state index contributed by atoms with van der Waals surface area (Å²) in [6.45, 7) is 0. The van der Waals surface area contributed by atoms with Gasteiger partial charge < -0.3 is 13.5 Å². The molecule has 0 aliphatic rings. The Balaban J connectivity index is 0.923. The van der Waals surface area contributed by atoms with Crippen LogP contribution in [0.5, 0.6) is 0 Å². The molecular formula is C64H39N3S. The number of thiophene rings is 1. The maximum absolute atomic E-state index is 2.55. The summed E-state index contributed by atoms with van der Waals surface area (Å²) in [6, 6.07) is 87.2. The average molecular weight is 882 g/mol. The molecule has 5 aromatic heterocycles. The van der Waals surface area contributed by atoms with E-state index >= 15 is 0 Å². The maximum atomic E-state index is 2.55. The fourth-order valence-electron chi connectivity index (χ4n) is 11.4. The first-order chi connectivity index (χ1) is 33.7. The van der Waals surface area contributed by atoms with Crippen LogP contribution < -0.4 is 0 Å². The van der Waals surface area contributed by atoms with Gasteiger partial charge in [-0.05, 0) is 112 Å². The highest BCUT2D eigenvalue weighted by Crippen LogP contribution is 2.51. The summed E-state index contributed by atoms with van der Waals surface area (Å²) in [5, 5.41) is 10.2.